The average molecular weight is 454 g/mol. The number of aromatic nitrogens is 3. The third-order valence-electron chi connectivity index (χ3n) is 8.05. The van der Waals surface area contributed by atoms with E-state index in [1.165, 1.54) is 6.07 Å². The number of nitrogens with zero attached hydrogens (tertiary/aromatic N) is 3. The molecule has 7 heteroatoms. The maximum atomic E-state index is 14.4. The minimum Gasteiger partial charge on any atom is -0.347 e. The first-order valence-electron chi connectivity index (χ1n) is 11.3. The first-order valence-corrected chi connectivity index (χ1v) is 11.7. The fourth-order valence-corrected chi connectivity index (χ4v) is 6.62. The molecule has 3 atom stereocenters. The van der Waals surface area contributed by atoms with Crippen LogP contribution in [0.5, 0.6) is 0 Å². The van der Waals surface area contributed by atoms with Crippen molar-refractivity contribution in [2.45, 2.75) is 50.7 Å². The molecule has 0 amide bonds. The monoisotopic (exact) mass is 453 g/mol. The van der Waals surface area contributed by atoms with Gasteiger partial charge in [-0.05, 0) is 37.3 Å². The third-order valence-corrected chi connectivity index (χ3v) is 8.36. The van der Waals surface area contributed by atoms with Crippen molar-refractivity contribution < 1.29 is 13.9 Å². The van der Waals surface area contributed by atoms with Crippen LogP contribution < -0.4 is 0 Å². The van der Waals surface area contributed by atoms with E-state index in [2.05, 4.69) is 23.8 Å². The Morgan fingerprint density at radius 3 is 2.75 bits per heavy atom. The van der Waals surface area contributed by atoms with Gasteiger partial charge in [-0.3, -0.25) is 4.98 Å². The van der Waals surface area contributed by atoms with E-state index < -0.39 is 5.79 Å². The van der Waals surface area contributed by atoms with E-state index in [1.54, 1.807) is 12.3 Å². The highest BCUT2D eigenvalue weighted by molar-refractivity contribution is 6.30. The predicted octanol–water partition coefficient (Wildman–Crippen LogP) is 5.48. The zero-order valence-corrected chi connectivity index (χ0v) is 19.0. The molecule has 0 unspecified atom stereocenters. The van der Waals surface area contributed by atoms with Gasteiger partial charge in [0.05, 0.1) is 18.9 Å². The van der Waals surface area contributed by atoms with E-state index in [9.17, 15) is 4.39 Å². The Hall–Kier alpha value is -2.15. The Bertz CT molecular complexity index is 1230. The molecule has 1 aliphatic heterocycles. The molecule has 3 aromatic rings. The summed E-state index contributed by atoms with van der Waals surface area (Å²) in [5.74, 6) is 0.316. The molecule has 32 heavy (non-hydrogen) atoms. The van der Waals surface area contributed by atoms with Crippen molar-refractivity contribution in [3.05, 3.63) is 52.7 Å². The largest absolute Gasteiger partial charge is 0.347 e. The lowest BCUT2D eigenvalue weighted by Gasteiger charge is -2.54. The van der Waals surface area contributed by atoms with Crippen molar-refractivity contribution in [3.63, 3.8) is 0 Å². The molecule has 166 valence electrons. The van der Waals surface area contributed by atoms with Gasteiger partial charge in [-0.1, -0.05) is 37.6 Å². The molecule has 1 aromatic carbocycles. The van der Waals surface area contributed by atoms with Crippen molar-refractivity contribution >= 4 is 22.5 Å². The summed E-state index contributed by atoms with van der Waals surface area (Å²) in [6.45, 7) is 5.87. The molecule has 0 N–H and O–H groups in total. The van der Waals surface area contributed by atoms with Gasteiger partial charge in [0.2, 0.25) is 0 Å². The molecule has 3 heterocycles. The molecule has 1 saturated heterocycles. The standard InChI is InChI=1S/C25H25ClFN3O2/c1-14-18-7-6-17-21(24(18,2)9-10-25(14)31-12-13-32-25)29-23(30-22(17)26)16-8-11-28-20-15(16)4-3-5-19(20)27/h3-5,8,11,14,18H,6-7,9-10,12-13H2,1-2H3/t14-,18-,24-/m1/s1. The van der Waals surface area contributed by atoms with Crippen LogP contribution >= 0.6 is 11.6 Å². The number of hydrogen-bond donors (Lipinski definition) is 0. The van der Waals surface area contributed by atoms with E-state index in [1.807, 2.05) is 12.1 Å². The van der Waals surface area contributed by atoms with E-state index >= 15 is 0 Å². The second-order valence-electron chi connectivity index (χ2n) is 9.52. The Morgan fingerprint density at radius 2 is 1.94 bits per heavy atom. The highest BCUT2D eigenvalue weighted by Crippen LogP contribution is 2.57. The molecule has 1 saturated carbocycles. The molecule has 0 bridgehead atoms. The maximum absolute atomic E-state index is 14.4. The van der Waals surface area contributed by atoms with Gasteiger partial charge in [0.1, 0.15) is 16.5 Å². The second-order valence-corrected chi connectivity index (χ2v) is 9.88. The zero-order chi connectivity index (χ0) is 22.1. The highest BCUT2D eigenvalue weighted by Gasteiger charge is 2.57. The van der Waals surface area contributed by atoms with Crippen molar-refractivity contribution in [2.24, 2.45) is 11.8 Å². The van der Waals surface area contributed by atoms with E-state index in [4.69, 9.17) is 26.1 Å². The number of para-hydroxylation sites is 1. The van der Waals surface area contributed by atoms with E-state index in [-0.39, 0.29) is 17.2 Å². The lowest BCUT2D eigenvalue weighted by Crippen LogP contribution is -2.55. The molecular formula is C25H25ClFN3O2. The van der Waals surface area contributed by atoms with Crippen LogP contribution in [0.1, 0.15) is 44.4 Å². The number of fused-ring (bicyclic) bond motifs is 4. The van der Waals surface area contributed by atoms with Crippen LogP contribution in [0, 0.1) is 17.7 Å². The Balaban J connectivity index is 1.50. The van der Waals surface area contributed by atoms with Gasteiger partial charge in [-0.15, -0.1) is 0 Å². The van der Waals surface area contributed by atoms with Crippen molar-refractivity contribution in [1.29, 1.82) is 0 Å². The average Bonchev–Trinajstić information content (AvgIpc) is 3.27. The van der Waals surface area contributed by atoms with Crippen LogP contribution in [0.25, 0.3) is 22.3 Å². The van der Waals surface area contributed by atoms with Crippen molar-refractivity contribution in [1.82, 2.24) is 15.0 Å². The summed E-state index contributed by atoms with van der Waals surface area (Å²) in [4.78, 5) is 14.0. The molecule has 6 rings (SSSR count). The van der Waals surface area contributed by atoms with Gasteiger partial charge in [0.15, 0.2) is 11.6 Å². The lowest BCUT2D eigenvalue weighted by atomic mass is 9.55. The smallest absolute Gasteiger partial charge is 0.171 e. The molecule has 0 radical (unpaired) electrons. The fraction of sp³-hybridized carbons (Fsp3) is 0.480. The van der Waals surface area contributed by atoms with Gasteiger partial charge < -0.3 is 9.47 Å². The van der Waals surface area contributed by atoms with Gasteiger partial charge >= 0.3 is 0 Å². The van der Waals surface area contributed by atoms with E-state index in [0.717, 1.165) is 42.5 Å². The normalized spacial score (nSPS) is 28.6. The van der Waals surface area contributed by atoms with Crippen molar-refractivity contribution in [3.8, 4) is 11.4 Å². The zero-order valence-electron chi connectivity index (χ0n) is 18.2. The maximum Gasteiger partial charge on any atom is 0.171 e. The quantitative estimate of drug-likeness (QED) is 0.457. The fourth-order valence-electron chi connectivity index (χ4n) is 6.35. The molecule has 2 aromatic heterocycles. The van der Waals surface area contributed by atoms with E-state index in [0.29, 0.717) is 41.0 Å². The summed E-state index contributed by atoms with van der Waals surface area (Å²) in [7, 11) is 0. The predicted molar refractivity (Wildman–Crippen MR) is 120 cm³/mol. The van der Waals surface area contributed by atoms with Gasteiger partial charge in [-0.25, -0.2) is 14.4 Å². The van der Waals surface area contributed by atoms with Gasteiger partial charge in [0.25, 0.3) is 0 Å². The Morgan fingerprint density at radius 1 is 1.12 bits per heavy atom. The SMILES string of the molecule is C[C@@H]1[C@H]2CCc3c(Cl)nc(-c4ccnc5c(F)cccc45)nc3[C@]2(C)CCC12OCCO2. The van der Waals surface area contributed by atoms with Crippen LogP contribution in [0.2, 0.25) is 5.15 Å². The summed E-state index contributed by atoms with van der Waals surface area (Å²) < 4.78 is 26.6. The van der Waals surface area contributed by atoms with Crippen LogP contribution in [-0.2, 0) is 21.3 Å². The molecule has 1 spiro atoms. The molecule has 2 aliphatic carbocycles. The van der Waals surface area contributed by atoms with Gasteiger partial charge in [-0.2, -0.15) is 0 Å². The minimum atomic E-state index is -0.472. The Labute approximate surface area is 191 Å². The first kappa shape index (κ1) is 20.5. The van der Waals surface area contributed by atoms with Crippen LogP contribution in [0.4, 0.5) is 4.39 Å². The number of benzene rings is 1. The minimum absolute atomic E-state index is 0.150. The topological polar surface area (TPSA) is 57.1 Å². The highest BCUT2D eigenvalue weighted by atomic mass is 35.5. The summed E-state index contributed by atoms with van der Waals surface area (Å²) in [6, 6.07) is 6.78. The number of halogens is 2. The summed E-state index contributed by atoms with van der Waals surface area (Å²) >= 11 is 6.74. The number of rotatable bonds is 1. The molecule has 5 nitrogen and oxygen atoms in total. The molecular weight excluding hydrogens is 429 g/mol. The second kappa shape index (κ2) is 7.17. The summed E-state index contributed by atoms with van der Waals surface area (Å²) in [5.41, 5.74) is 2.96. The number of hydrogen-bond acceptors (Lipinski definition) is 5. The van der Waals surface area contributed by atoms with Crippen LogP contribution in [0.3, 0.4) is 0 Å². The molecule has 3 aliphatic rings. The Kier molecular flexibility index (Phi) is 4.59. The first-order chi connectivity index (χ1) is 15.4. The summed E-state index contributed by atoms with van der Waals surface area (Å²) in [6.07, 6.45) is 5.18. The van der Waals surface area contributed by atoms with Crippen molar-refractivity contribution in [2.75, 3.05) is 13.2 Å². The lowest BCUT2D eigenvalue weighted by molar-refractivity contribution is -0.234. The van der Waals surface area contributed by atoms with Gasteiger partial charge in [0, 0.05) is 40.5 Å². The molecule has 2 fully saturated rings. The summed E-state index contributed by atoms with van der Waals surface area (Å²) in [5, 5.41) is 1.18. The third kappa shape index (κ3) is 2.79. The van der Waals surface area contributed by atoms with Crippen LogP contribution in [-0.4, -0.2) is 34.0 Å². The number of pyridine rings is 1. The van der Waals surface area contributed by atoms with Crippen LogP contribution in [0.15, 0.2) is 30.5 Å². The number of ether oxygens (including phenoxy) is 2.